The lowest BCUT2D eigenvalue weighted by Gasteiger charge is -2.20. The third-order valence-corrected chi connectivity index (χ3v) is 3.41. The molecule has 0 saturated heterocycles. The fraction of sp³-hybridized carbons (Fsp3) is 0.333. The molecule has 1 amide bonds. The van der Waals surface area contributed by atoms with Crippen LogP contribution in [0.15, 0.2) is 35.8 Å². The van der Waals surface area contributed by atoms with E-state index in [9.17, 15) is 20.1 Å². The van der Waals surface area contributed by atoms with Gasteiger partial charge in [0.25, 0.3) is 5.91 Å². The maximum atomic E-state index is 11.9. The van der Waals surface area contributed by atoms with Gasteiger partial charge in [0.15, 0.2) is 5.82 Å². The number of aromatic nitrogens is 3. The summed E-state index contributed by atoms with van der Waals surface area (Å²) in [5.74, 6) is -0.188. The maximum Gasteiger partial charge on any atom is 0.272 e. The average Bonchev–Trinajstić information content (AvgIpc) is 3.14. The minimum Gasteiger partial charge on any atom is -0.394 e. The van der Waals surface area contributed by atoms with Crippen LogP contribution in [-0.2, 0) is 0 Å². The third kappa shape index (κ3) is 4.67. The Balaban J connectivity index is 2.04. The molecule has 2 heterocycles. The highest BCUT2D eigenvalue weighted by atomic mass is 16.4. The Hall–Kier alpha value is -2.66. The topological polar surface area (TPSA) is 164 Å². The standard InChI is InChI=1S/C15H19N5O5/c1-8(19-20-15(25)9-3-2-4-16-5-9)14-17-6-10(18-14)12(23)13(24)11(22)7-21/h2-6,11-13,21-24H,7H2,1H3,(H,17,18)(H,20,25)/b19-8+/t11-,12-,13-/m1/s1. The lowest BCUT2D eigenvalue weighted by Crippen LogP contribution is -2.34. The van der Waals surface area contributed by atoms with Gasteiger partial charge < -0.3 is 25.4 Å². The summed E-state index contributed by atoms with van der Waals surface area (Å²) in [5.41, 5.74) is 3.15. The minimum absolute atomic E-state index is 0.128. The number of aliphatic hydroxyl groups is 4. The Morgan fingerprint density at radius 3 is 2.76 bits per heavy atom. The molecule has 10 nitrogen and oxygen atoms in total. The lowest BCUT2D eigenvalue weighted by molar-refractivity contribution is -0.0788. The molecule has 0 aliphatic heterocycles. The smallest absolute Gasteiger partial charge is 0.272 e. The van der Waals surface area contributed by atoms with Gasteiger partial charge in [-0.2, -0.15) is 5.10 Å². The summed E-state index contributed by atoms with van der Waals surface area (Å²) in [7, 11) is 0. The van der Waals surface area contributed by atoms with Crippen molar-refractivity contribution < 1.29 is 25.2 Å². The van der Waals surface area contributed by atoms with Crippen molar-refractivity contribution in [2.75, 3.05) is 6.61 Å². The number of hydrogen-bond donors (Lipinski definition) is 6. The van der Waals surface area contributed by atoms with Crippen LogP contribution < -0.4 is 5.43 Å². The first-order chi connectivity index (χ1) is 11.9. The third-order valence-electron chi connectivity index (χ3n) is 3.41. The minimum atomic E-state index is -1.58. The van der Waals surface area contributed by atoms with Gasteiger partial charge in [0.2, 0.25) is 0 Å². The van der Waals surface area contributed by atoms with Crippen molar-refractivity contribution in [3.05, 3.63) is 47.8 Å². The summed E-state index contributed by atoms with van der Waals surface area (Å²) in [6.07, 6.45) is -0.342. The number of hydrogen-bond acceptors (Lipinski definition) is 8. The zero-order chi connectivity index (χ0) is 18.4. The van der Waals surface area contributed by atoms with Crippen LogP contribution in [0.5, 0.6) is 0 Å². The van der Waals surface area contributed by atoms with Gasteiger partial charge in [-0.1, -0.05) is 0 Å². The molecule has 6 N–H and O–H groups in total. The summed E-state index contributed by atoms with van der Waals surface area (Å²) in [5, 5.41) is 41.7. The molecule has 0 fully saturated rings. The van der Waals surface area contributed by atoms with E-state index in [2.05, 4.69) is 25.5 Å². The van der Waals surface area contributed by atoms with Crippen molar-refractivity contribution in [3.63, 3.8) is 0 Å². The van der Waals surface area contributed by atoms with Gasteiger partial charge in [0, 0.05) is 12.4 Å². The Morgan fingerprint density at radius 2 is 2.12 bits per heavy atom. The number of nitrogens with zero attached hydrogens (tertiary/aromatic N) is 3. The fourth-order valence-corrected chi connectivity index (χ4v) is 1.92. The van der Waals surface area contributed by atoms with Crippen LogP contribution in [0.25, 0.3) is 0 Å². The highest BCUT2D eigenvalue weighted by Crippen LogP contribution is 2.17. The molecule has 0 unspecified atom stereocenters. The molecular weight excluding hydrogens is 330 g/mol. The number of imidazole rings is 1. The number of aromatic amines is 1. The van der Waals surface area contributed by atoms with Gasteiger partial charge in [-0.3, -0.25) is 9.78 Å². The van der Waals surface area contributed by atoms with Crippen LogP contribution >= 0.6 is 0 Å². The second-order valence-corrected chi connectivity index (χ2v) is 5.25. The molecule has 0 aliphatic carbocycles. The Labute approximate surface area is 142 Å². The van der Waals surface area contributed by atoms with Gasteiger partial charge in [0.05, 0.1) is 24.1 Å². The first-order valence-electron chi connectivity index (χ1n) is 7.39. The van der Waals surface area contributed by atoms with Crippen LogP contribution in [0.3, 0.4) is 0 Å². The number of nitrogens with one attached hydrogen (secondary N) is 2. The molecule has 0 aliphatic rings. The van der Waals surface area contributed by atoms with Crippen molar-refractivity contribution >= 4 is 11.6 Å². The number of carbonyl (C=O) groups is 1. The van der Waals surface area contributed by atoms with Gasteiger partial charge in [-0.25, -0.2) is 10.4 Å². The molecule has 2 aromatic heterocycles. The quantitative estimate of drug-likeness (QED) is 0.267. The molecule has 10 heteroatoms. The van der Waals surface area contributed by atoms with Gasteiger partial charge in [-0.15, -0.1) is 0 Å². The zero-order valence-electron chi connectivity index (χ0n) is 13.4. The van der Waals surface area contributed by atoms with Gasteiger partial charge >= 0.3 is 0 Å². The van der Waals surface area contributed by atoms with Crippen LogP contribution in [0.2, 0.25) is 0 Å². The van der Waals surface area contributed by atoms with E-state index in [0.717, 1.165) is 0 Å². The zero-order valence-corrected chi connectivity index (χ0v) is 13.4. The molecule has 0 spiro atoms. The number of pyridine rings is 1. The summed E-state index contributed by atoms with van der Waals surface area (Å²) in [6.45, 7) is 0.887. The predicted octanol–water partition coefficient (Wildman–Crippen LogP) is -1.29. The molecule has 0 radical (unpaired) electrons. The number of rotatable bonds is 7. The SMILES string of the molecule is C/C(=N\NC(=O)c1cccnc1)c1ncc([C@@H](O)[C@H](O)[C@H](O)CO)[nH]1. The van der Waals surface area contributed by atoms with Crippen molar-refractivity contribution in [1.29, 1.82) is 0 Å². The number of carbonyl (C=O) groups excluding carboxylic acids is 1. The Kier molecular flexibility index (Phi) is 6.31. The van der Waals surface area contributed by atoms with E-state index in [1.807, 2.05) is 0 Å². The van der Waals surface area contributed by atoms with E-state index in [1.54, 1.807) is 25.3 Å². The normalized spacial score (nSPS) is 15.5. The van der Waals surface area contributed by atoms with Crippen LogP contribution in [0, 0.1) is 0 Å². The average molecular weight is 349 g/mol. The van der Waals surface area contributed by atoms with Crippen LogP contribution in [0.1, 0.15) is 34.9 Å². The van der Waals surface area contributed by atoms with Gasteiger partial charge in [-0.05, 0) is 19.1 Å². The second-order valence-electron chi connectivity index (χ2n) is 5.25. The van der Waals surface area contributed by atoms with E-state index in [0.29, 0.717) is 11.3 Å². The Bertz CT molecular complexity index is 733. The summed E-state index contributed by atoms with van der Waals surface area (Å²) < 4.78 is 0. The summed E-state index contributed by atoms with van der Waals surface area (Å²) in [4.78, 5) is 22.4. The van der Waals surface area contributed by atoms with E-state index in [-0.39, 0.29) is 11.5 Å². The number of hydrazone groups is 1. The molecule has 2 aromatic rings. The van der Waals surface area contributed by atoms with Crippen molar-refractivity contribution in [2.24, 2.45) is 5.10 Å². The summed E-state index contributed by atoms with van der Waals surface area (Å²) >= 11 is 0. The molecule has 2 rings (SSSR count). The number of H-pyrrole nitrogens is 1. The predicted molar refractivity (Wildman–Crippen MR) is 86.6 cm³/mol. The number of amides is 1. The van der Waals surface area contributed by atoms with Crippen LogP contribution in [0.4, 0.5) is 0 Å². The first-order valence-corrected chi connectivity index (χ1v) is 7.39. The monoisotopic (exact) mass is 349 g/mol. The van der Waals surface area contributed by atoms with Crippen LogP contribution in [-0.4, -0.2) is 65.8 Å². The number of aliphatic hydroxyl groups excluding tert-OH is 4. The summed E-state index contributed by atoms with van der Waals surface area (Å²) in [6, 6.07) is 3.21. The molecule has 25 heavy (non-hydrogen) atoms. The molecule has 0 saturated carbocycles. The van der Waals surface area contributed by atoms with E-state index < -0.39 is 30.8 Å². The van der Waals surface area contributed by atoms with E-state index >= 15 is 0 Å². The highest BCUT2D eigenvalue weighted by Gasteiger charge is 2.27. The first kappa shape index (κ1) is 18.7. The molecule has 134 valence electrons. The molecular formula is C15H19N5O5. The van der Waals surface area contributed by atoms with E-state index in [1.165, 1.54) is 12.4 Å². The van der Waals surface area contributed by atoms with Crippen molar-refractivity contribution in [2.45, 2.75) is 25.2 Å². The Morgan fingerprint density at radius 1 is 1.36 bits per heavy atom. The van der Waals surface area contributed by atoms with E-state index in [4.69, 9.17) is 5.11 Å². The van der Waals surface area contributed by atoms with Gasteiger partial charge in [0.1, 0.15) is 24.0 Å². The molecule has 3 atom stereocenters. The van der Waals surface area contributed by atoms with Crippen molar-refractivity contribution in [1.82, 2.24) is 20.4 Å². The highest BCUT2D eigenvalue weighted by molar-refractivity contribution is 5.98. The molecule has 0 bridgehead atoms. The second kappa shape index (κ2) is 8.44. The fourth-order valence-electron chi connectivity index (χ4n) is 1.92. The largest absolute Gasteiger partial charge is 0.394 e. The lowest BCUT2D eigenvalue weighted by atomic mass is 10.1. The maximum absolute atomic E-state index is 11.9. The van der Waals surface area contributed by atoms with Crippen molar-refractivity contribution in [3.8, 4) is 0 Å². The molecule has 0 aromatic carbocycles.